The summed E-state index contributed by atoms with van der Waals surface area (Å²) >= 11 is 0. The minimum atomic E-state index is -3.69. The fraction of sp³-hybridized carbons (Fsp3) is 0.294. The molecular formula is C17H18FNO3S. The number of hydrogen-bond donors (Lipinski definition) is 2. The van der Waals surface area contributed by atoms with Crippen LogP contribution in [0.3, 0.4) is 0 Å². The zero-order valence-electron chi connectivity index (χ0n) is 12.6. The Hall–Kier alpha value is -1.76. The Balaban J connectivity index is 2.01. The molecule has 0 aromatic heterocycles. The summed E-state index contributed by atoms with van der Waals surface area (Å²) in [6, 6.07) is 12.1. The molecule has 1 aliphatic rings. The summed E-state index contributed by atoms with van der Waals surface area (Å²) in [6.45, 7) is 1.42. The molecule has 3 unspecified atom stereocenters. The summed E-state index contributed by atoms with van der Waals surface area (Å²) in [7, 11) is -3.69. The van der Waals surface area contributed by atoms with E-state index in [9.17, 15) is 17.9 Å². The second-order valence-electron chi connectivity index (χ2n) is 6.08. The highest BCUT2D eigenvalue weighted by atomic mass is 32.2. The van der Waals surface area contributed by atoms with Crippen LogP contribution in [0.1, 0.15) is 17.0 Å². The molecule has 122 valence electrons. The van der Waals surface area contributed by atoms with E-state index >= 15 is 0 Å². The van der Waals surface area contributed by atoms with Gasteiger partial charge in [-0.25, -0.2) is 12.8 Å². The lowest BCUT2D eigenvalue weighted by Gasteiger charge is -2.08. The van der Waals surface area contributed by atoms with Crippen molar-refractivity contribution in [2.24, 2.45) is 5.73 Å². The monoisotopic (exact) mass is 335 g/mol. The van der Waals surface area contributed by atoms with Crippen molar-refractivity contribution in [3.8, 4) is 0 Å². The van der Waals surface area contributed by atoms with Crippen molar-refractivity contribution in [2.45, 2.75) is 28.5 Å². The number of hydrogen-bond acceptors (Lipinski definition) is 4. The minimum Gasteiger partial charge on any atom is -0.394 e. The molecule has 3 N–H and O–H groups in total. The van der Waals surface area contributed by atoms with Crippen LogP contribution in [0.2, 0.25) is 0 Å². The Morgan fingerprint density at radius 3 is 2.22 bits per heavy atom. The first-order chi connectivity index (χ1) is 10.8. The summed E-state index contributed by atoms with van der Waals surface area (Å²) in [5, 5.41) is 8.69. The predicted octanol–water partition coefficient (Wildman–Crippen LogP) is 1.76. The van der Waals surface area contributed by atoms with Crippen molar-refractivity contribution >= 4 is 9.84 Å². The average Bonchev–Trinajstić information content (AvgIpc) is 3.16. The summed E-state index contributed by atoms with van der Waals surface area (Å²) in [6.07, 6.45) is 0. The third-order valence-electron chi connectivity index (χ3n) is 4.49. The number of halogens is 1. The number of aliphatic hydroxyl groups is 1. The zero-order valence-corrected chi connectivity index (χ0v) is 13.4. The summed E-state index contributed by atoms with van der Waals surface area (Å²) in [5.74, 6) is -0.960. The van der Waals surface area contributed by atoms with E-state index in [4.69, 9.17) is 5.73 Å². The van der Waals surface area contributed by atoms with Crippen LogP contribution in [0.4, 0.5) is 4.39 Å². The lowest BCUT2D eigenvalue weighted by atomic mass is 10.1. The molecule has 23 heavy (non-hydrogen) atoms. The van der Waals surface area contributed by atoms with E-state index in [2.05, 4.69) is 0 Å². The molecule has 3 atom stereocenters. The normalized spacial score (nSPS) is 27.0. The number of benzene rings is 2. The van der Waals surface area contributed by atoms with Gasteiger partial charge in [0.25, 0.3) is 0 Å². The SMILES string of the molecule is Cc1ccc(S(=O)(=O)C2C(c3ccc(F)cc3)C2(N)CO)cc1. The first-order valence-electron chi connectivity index (χ1n) is 7.26. The molecule has 4 nitrogen and oxygen atoms in total. The first-order valence-corrected chi connectivity index (χ1v) is 8.81. The van der Waals surface area contributed by atoms with Crippen LogP contribution in [0.15, 0.2) is 53.4 Å². The maximum absolute atomic E-state index is 13.1. The van der Waals surface area contributed by atoms with Crippen LogP contribution in [-0.4, -0.2) is 30.9 Å². The molecular weight excluding hydrogens is 317 g/mol. The molecule has 0 radical (unpaired) electrons. The van der Waals surface area contributed by atoms with Crippen LogP contribution in [0.25, 0.3) is 0 Å². The fourth-order valence-corrected chi connectivity index (χ4v) is 5.41. The second kappa shape index (κ2) is 5.40. The highest BCUT2D eigenvalue weighted by molar-refractivity contribution is 7.92. The van der Waals surface area contributed by atoms with E-state index in [0.29, 0.717) is 5.56 Å². The quantitative estimate of drug-likeness (QED) is 0.892. The van der Waals surface area contributed by atoms with Crippen molar-refractivity contribution in [1.29, 1.82) is 0 Å². The third-order valence-corrected chi connectivity index (χ3v) is 6.80. The van der Waals surface area contributed by atoms with E-state index < -0.39 is 39.0 Å². The van der Waals surface area contributed by atoms with Crippen molar-refractivity contribution < 1.29 is 17.9 Å². The van der Waals surface area contributed by atoms with Crippen molar-refractivity contribution in [1.82, 2.24) is 0 Å². The van der Waals surface area contributed by atoms with Gasteiger partial charge in [-0.3, -0.25) is 0 Å². The van der Waals surface area contributed by atoms with Gasteiger partial charge in [0.05, 0.1) is 22.3 Å². The fourth-order valence-electron chi connectivity index (χ4n) is 3.11. The van der Waals surface area contributed by atoms with E-state index in [1.807, 2.05) is 6.92 Å². The average molecular weight is 335 g/mol. The topological polar surface area (TPSA) is 80.4 Å². The maximum Gasteiger partial charge on any atom is 0.183 e. The standard InChI is InChI=1S/C17H18FNO3S/c1-11-2-8-14(9-3-11)23(21,22)16-15(17(16,19)10-20)12-4-6-13(18)7-5-12/h2-9,15-16,20H,10,19H2,1H3. The van der Waals surface area contributed by atoms with Crippen LogP contribution in [0.5, 0.6) is 0 Å². The predicted molar refractivity (Wildman–Crippen MR) is 85.3 cm³/mol. The molecule has 0 heterocycles. The van der Waals surface area contributed by atoms with Gasteiger partial charge in [0.2, 0.25) is 0 Å². The highest BCUT2D eigenvalue weighted by Gasteiger charge is 2.69. The largest absolute Gasteiger partial charge is 0.394 e. The Labute approximate surface area is 134 Å². The molecule has 1 saturated carbocycles. The van der Waals surface area contributed by atoms with Gasteiger partial charge in [-0.15, -0.1) is 0 Å². The van der Waals surface area contributed by atoms with Gasteiger partial charge in [-0.2, -0.15) is 0 Å². The Morgan fingerprint density at radius 1 is 1.13 bits per heavy atom. The van der Waals surface area contributed by atoms with Gasteiger partial charge in [0.15, 0.2) is 9.84 Å². The molecule has 0 saturated heterocycles. The molecule has 0 bridgehead atoms. The highest BCUT2D eigenvalue weighted by Crippen LogP contribution is 2.55. The number of aliphatic hydroxyl groups excluding tert-OH is 1. The number of rotatable bonds is 4. The molecule has 0 spiro atoms. The Kier molecular flexibility index (Phi) is 3.78. The Morgan fingerprint density at radius 2 is 1.70 bits per heavy atom. The lowest BCUT2D eigenvalue weighted by molar-refractivity contribution is 0.253. The molecule has 6 heteroatoms. The van der Waals surface area contributed by atoms with Gasteiger partial charge in [0, 0.05) is 5.92 Å². The molecule has 3 rings (SSSR count). The zero-order chi connectivity index (χ0) is 16.8. The number of nitrogens with two attached hydrogens (primary N) is 1. The van der Waals surface area contributed by atoms with Crippen LogP contribution < -0.4 is 5.73 Å². The lowest BCUT2D eigenvalue weighted by Crippen LogP contribution is -2.35. The second-order valence-corrected chi connectivity index (χ2v) is 8.15. The van der Waals surface area contributed by atoms with E-state index in [-0.39, 0.29) is 4.90 Å². The van der Waals surface area contributed by atoms with Crippen molar-refractivity contribution in [2.75, 3.05) is 6.61 Å². The summed E-state index contributed by atoms with van der Waals surface area (Å²) in [5.41, 5.74) is 6.46. The van der Waals surface area contributed by atoms with Crippen LogP contribution >= 0.6 is 0 Å². The minimum absolute atomic E-state index is 0.181. The van der Waals surface area contributed by atoms with Crippen molar-refractivity contribution in [3.63, 3.8) is 0 Å². The van der Waals surface area contributed by atoms with Gasteiger partial charge in [-0.1, -0.05) is 29.8 Å². The molecule has 1 fully saturated rings. The third kappa shape index (κ3) is 2.56. The maximum atomic E-state index is 13.1. The molecule has 1 aliphatic carbocycles. The van der Waals surface area contributed by atoms with Crippen LogP contribution in [-0.2, 0) is 9.84 Å². The number of aryl methyl sites for hydroxylation is 1. The van der Waals surface area contributed by atoms with E-state index in [1.165, 1.54) is 24.3 Å². The van der Waals surface area contributed by atoms with Crippen LogP contribution in [0, 0.1) is 12.7 Å². The van der Waals surface area contributed by atoms with Gasteiger partial charge in [-0.05, 0) is 36.8 Å². The molecule has 2 aromatic rings. The van der Waals surface area contributed by atoms with Crippen molar-refractivity contribution in [3.05, 3.63) is 65.5 Å². The van der Waals surface area contributed by atoms with Gasteiger partial charge in [0.1, 0.15) is 5.82 Å². The smallest absolute Gasteiger partial charge is 0.183 e. The Bertz CT molecular complexity index is 818. The van der Waals surface area contributed by atoms with E-state index in [1.54, 1.807) is 24.3 Å². The first kappa shape index (κ1) is 16.1. The van der Waals surface area contributed by atoms with Gasteiger partial charge >= 0.3 is 0 Å². The van der Waals surface area contributed by atoms with E-state index in [0.717, 1.165) is 5.56 Å². The number of sulfone groups is 1. The van der Waals surface area contributed by atoms with Gasteiger partial charge < -0.3 is 10.8 Å². The molecule has 0 aliphatic heterocycles. The summed E-state index contributed by atoms with van der Waals surface area (Å²) < 4.78 is 38.8. The summed E-state index contributed by atoms with van der Waals surface area (Å²) in [4.78, 5) is 0.181. The molecule has 2 aromatic carbocycles. The molecule has 0 amide bonds.